The summed E-state index contributed by atoms with van der Waals surface area (Å²) in [7, 11) is 4.64. The predicted octanol–water partition coefficient (Wildman–Crippen LogP) is 3.67. The third-order valence-corrected chi connectivity index (χ3v) is 4.60. The summed E-state index contributed by atoms with van der Waals surface area (Å²) in [4.78, 5) is 17.2. The first-order valence-electron chi connectivity index (χ1n) is 9.15. The van der Waals surface area contributed by atoms with Crippen LogP contribution in [-0.2, 0) is 0 Å². The van der Waals surface area contributed by atoms with Gasteiger partial charge < -0.3 is 19.5 Å². The number of carbonyl (C=O) groups excluding carboxylic acids is 1. The minimum Gasteiger partial charge on any atom is -0.497 e. The van der Waals surface area contributed by atoms with E-state index in [0.717, 1.165) is 16.9 Å². The maximum absolute atomic E-state index is 12.7. The molecule has 2 aromatic carbocycles. The molecule has 152 valence electrons. The first-order chi connectivity index (χ1) is 14.6. The van der Waals surface area contributed by atoms with Gasteiger partial charge in [-0.15, -0.1) is 5.10 Å². The van der Waals surface area contributed by atoms with E-state index in [4.69, 9.17) is 14.2 Å². The lowest BCUT2D eigenvalue weighted by atomic mass is 10.1. The Balaban J connectivity index is 1.53. The number of fused-ring (bicyclic) bond motifs is 1. The number of nitrogens with one attached hydrogen (secondary N) is 1. The molecule has 4 aromatic rings. The predicted molar refractivity (Wildman–Crippen MR) is 112 cm³/mol. The second kappa shape index (κ2) is 8.12. The van der Waals surface area contributed by atoms with Gasteiger partial charge in [-0.1, -0.05) is 12.1 Å². The molecule has 4 rings (SSSR count). The Labute approximate surface area is 173 Å². The van der Waals surface area contributed by atoms with Crippen molar-refractivity contribution in [1.82, 2.24) is 14.6 Å². The highest BCUT2D eigenvalue weighted by atomic mass is 16.5. The molecule has 0 saturated carbocycles. The molecular formula is C22H20N4O4. The van der Waals surface area contributed by atoms with Gasteiger partial charge in [0.25, 0.3) is 5.91 Å². The zero-order valence-corrected chi connectivity index (χ0v) is 16.7. The molecule has 0 aliphatic carbocycles. The topological polar surface area (TPSA) is 87.0 Å². The van der Waals surface area contributed by atoms with Crippen LogP contribution in [-0.4, -0.2) is 41.8 Å². The molecule has 0 atom stereocenters. The highest BCUT2D eigenvalue weighted by Crippen LogP contribution is 2.26. The second-order valence-electron chi connectivity index (χ2n) is 6.40. The number of rotatable bonds is 6. The van der Waals surface area contributed by atoms with E-state index in [-0.39, 0.29) is 5.91 Å². The maximum Gasteiger partial charge on any atom is 0.259 e. The average molecular weight is 404 g/mol. The second-order valence-corrected chi connectivity index (χ2v) is 6.40. The molecule has 0 unspecified atom stereocenters. The molecule has 8 heteroatoms. The number of nitrogens with zero attached hydrogens (tertiary/aromatic N) is 3. The van der Waals surface area contributed by atoms with Crippen molar-refractivity contribution in [3.05, 3.63) is 66.4 Å². The Bertz CT molecular complexity index is 1200. The van der Waals surface area contributed by atoms with Crippen molar-refractivity contribution in [3.63, 3.8) is 0 Å². The van der Waals surface area contributed by atoms with Crippen molar-refractivity contribution >= 4 is 17.2 Å². The number of hydrogen-bond acceptors (Lipinski definition) is 6. The van der Waals surface area contributed by atoms with E-state index < -0.39 is 0 Å². The fourth-order valence-electron chi connectivity index (χ4n) is 3.02. The molecule has 0 aliphatic rings. The van der Waals surface area contributed by atoms with Crippen LogP contribution >= 0.6 is 0 Å². The number of amides is 1. The van der Waals surface area contributed by atoms with Crippen LogP contribution in [0.5, 0.6) is 17.4 Å². The van der Waals surface area contributed by atoms with Crippen molar-refractivity contribution in [2.24, 2.45) is 0 Å². The summed E-state index contributed by atoms with van der Waals surface area (Å²) in [5.74, 6) is 1.30. The molecule has 8 nitrogen and oxygen atoms in total. The number of anilines is 1. The van der Waals surface area contributed by atoms with Crippen LogP contribution < -0.4 is 19.5 Å². The van der Waals surface area contributed by atoms with E-state index in [2.05, 4.69) is 15.4 Å². The Morgan fingerprint density at radius 1 is 0.933 bits per heavy atom. The number of benzene rings is 2. The Morgan fingerprint density at radius 2 is 1.73 bits per heavy atom. The number of carbonyl (C=O) groups is 1. The van der Waals surface area contributed by atoms with Gasteiger partial charge in [-0.25, -0.2) is 9.50 Å². The minimum atomic E-state index is -0.272. The van der Waals surface area contributed by atoms with Gasteiger partial charge in [-0.2, -0.15) is 0 Å². The molecule has 0 bridgehead atoms. The molecule has 30 heavy (non-hydrogen) atoms. The molecule has 2 heterocycles. The number of aromatic nitrogens is 3. The van der Waals surface area contributed by atoms with Gasteiger partial charge >= 0.3 is 0 Å². The van der Waals surface area contributed by atoms with E-state index in [0.29, 0.717) is 28.6 Å². The van der Waals surface area contributed by atoms with Crippen molar-refractivity contribution < 1.29 is 19.0 Å². The number of ether oxygens (including phenoxy) is 3. The molecule has 1 N–H and O–H groups in total. The van der Waals surface area contributed by atoms with Gasteiger partial charge in [0.15, 0.2) is 5.65 Å². The molecule has 0 aliphatic heterocycles. The molecule has 1 amide bonds. The molecule has 0 fully saturated rings. The number of hydrogen-bond donors (Lipinski definition) is 1. The SMILES string of the molecule is COc1ccc(C(=O)Nc2ccc(-c3cn4nc(OC)ccc4n3)cc2)c(OC)c1. The van der Waals surface area contributed by atoms with Gasteiger partial charge in [0.2, 0.25) is 5.88 Å². The van der Waals surface area contributed by atoms with Crippen LogP contribution in [0.1, 0.15) is 10.4 Å². The van der Waals surface area contributed by atoms with Gasteiger partial charge in [-0.3, -0.25) is 4.79 Å². The van der Waals surface area contributed by atoms with Gasteiger partial charge in [-0.05, 0) is 30.3 Å². The van der Waals surface area contributed by atoms with Crippen molar-refractivity contribution in [1.29, 1.82) is 0 Å². The van der Waals surface area contributed by atoms with Crippen LogP contribution in [0.25, 0.3) is 16.9 Å². The van der Waals surface area contributed by atoms with E-state index in [1.807, 2.05) is 36.5 Å². The third-order valence-electron chi connectivity index (χ3n) is 4.60. The van der Waals surface area contributed by atoms with E-state index in [1.54, 1.807) is 43.0 Å². The number of methoxy groups -OCH3 is 3. The summed E-state index contributed by atoms with van der Waals surface area (Å²) in [6.45, 7) is 0. The lowest BCUT2D eigenvalue weighted by Crippen LogP contribution is -2.13. The summed E-state index contributed by atoms with van der Waals surface area (Å²) in [6.07, 6.45) is 1.83. The standard InChI is InChI=1S/C22H20N4O4/c1-28-16-8-9-17(19(12-16)29-2)22(27)23-15-6-4-14(5-7-15)18-13-26-20(24-18)10-11-21(25-26)30-3/h4-13H,1-3H3,(H,23,27). The lowest BCUT2D eigenvalue weighted by molar-refractivity contribution is 0.102. The molecular weight excluding hydrogens is 384 g/mol. The van der Waals surface area contributed by atoms with Crippen LogP contribution in [0.2, 0.25) is 0 Å². The fourth-order valence-corrected chi connectivity index (χ4v) is 3.02. The third kappa shape index (κ3) is 3.75. The Hall–Kier alpha value is -4.07. The van der Waals surface area contributed by atoms with Crippen molar-refractivity contribution in [2.75, 3.05) is 26.6 Å². The fraction of sp³-hybridized carbons (Fsp3) is 0.136. The first kappa shape index (κ1) is 19.3. The average Bonchev–Trinajstić information content (AvgIpc) is 3.22. The maximum atomic E-state index is 12.7. The highest BCUT2D eigenvalue weighted by molar-refractivity contribution is 6.06. The van der Waals surface area contributed by atoms with Gasteiger partial charge in [0.05, 0.1) is 38.8 Å². The van der Waals surface area contributed by atoms with Crippen molar-refractivity contribution in [3.8, 4) is 28.6 Å². The van der Waals surface area contributed by atoms with Crippen LogP contribution in [0.3, 0.4) is 0 Å². The summed E-state index contributed by atoms with van der Waals surface area (Å²) in [5, 5.41) is 7.19. The van der Waals surface area contributed by atoms with Crippen LogP contribution in [0, 0.1) is 0 Å². The molecule has 0 spiro atoms. The van der Waals surface area contributed by atoms with E-state index in [1.165, 1.54) is 7.11 Å². The Morgan fingerprint density at radius 3 is 2.43 bits per heavy atom. The zero-order chi connectivity index (χ0) is 21.1. The summed E-state index contributed by atoms with van der Waals surface area (Å²) in [6, 6.07) is 16.1. The van der Waals surface area contributed by atoms with Crippen LogP contribution in [0.15, 0.2) is 60.8 Å². The minimum absolute atomic E-state index is 0.272. The Kier molecular flexibility index (Phi) is 5.21. The summed E-state index contributed by atoms with van der Waals surface area (Å²) >= 11 is 0. The normalized spacial score (nSPS) is 10.6. The van der Waals surface area contributed by atoms with Gasteiger partial charge in [0.1, 0.15) is 11.5 Å². The zero-order valence-electron chi connectivity index (χ0n) is 16.7. The summed E-state index contributed by atoms with van der Waals surface area (Å²) in [5.41, 5.74) is 3.47. The van der Waals surface area contributed by atoms with Crippen molar-refractivity contribution in [2.45, 2.75) is 0 Å². The van der Waals surface area contributed by atoms with Crippen LogP contribution in [0.4, 0.5) is 5.69 Å². The molecule has 0 radical (unpaired) electrons. The first-order valence-corrected chi connectivity index (χ1v) is 9.15. The number of imidazole rings is 1. The lowest BCUT2D eigenvalue weighted by Gasteiger charge is -2.11. The quantitative estimate of drug-likeness (QED) is 0.528. The molecule has 2 aromatic heterocycles. The van der Waals surface area contributed by atoms with E-state index in [9.17, 15) is 4.79 Å². The molecule has 0 saturated heterocycles. The summed E-state index contributed by atoms with van der Waals surface area (Å²) < 4.78 is 17.3. The largest absolute Gasteiger partial charge is 0.497 e. The van der Waals surface area contributed by atoms with E-state index >= 15 is 0 Å². The van der Waals surface area contributed by atoms with Gasteiger partial charge in [0, 0.05) is 23.4 Å². The smallest absolute Gasteiger partial charge is 0.259 e. The monoisotopic (exact) mass is 404 g/mol. The highest BCUT2D eigenvalue weighted by Gasteiger charge is 2.14.